The third-order valence-corrected chi connectivity index (χ3v) is 9.97. The lowest BCUT2D eigenvalue weighted by molar-refractivity contribution is 0.0417. The lowest BCUT2D eigenvalue weighted by Crippen LogP contribution is -2.50. The third kappa shape index (κ3) is 17.8. The second-order valence-corrected chi connectivity index (χ2v) is 17.8. The van der Waals surface area contributed by atoms with Crippen molar-refractivity contribution in [3.05, 3.63) is 130 Å². The monoisotopic (exact) mass is 912 g/mol. The van der Waals surface area contributed by atoms with Gasteiger partial charge in [-0.3, -0.25) is 0 Å². The topological polar surface area (TPSA) is 166 Å². The zero-order valence-corrected chi connectivity index (χ0v) is 37.1. The van der Waals surface area contributed by atoms with Crippen LogP contribution in [0.25, 0.3) is 0 Å². The van der Waals surface area contributed by atoms with E-state index in [2.05, 4.69) is 16.0 Å². The zero-order valence-electron chi connectivity index (χ0n) is 37.1. The van der Waals surface area contributed by atoms with E-state index in [1.165, 1.54) is 24.3 Å². The predicted octanol–water partition coefficient (Wildman–Crippen LogP) is 8.78. The summed E-state index contributed by atoms with van der Waals surface area (Å²) < 4.78 is 80.4. The Balaban J connectivity index is 0.000000238. The van der Waals surface area contributed by atoms with E-state index >= 15 is 0 Å². The van der Waals surface area contributed by atoms with Crippen molar-refractivity contribution in [2.45, 2.75) is 122 Å². The molecule has 0 aliphatic carbocycles. The predicted molar refractivity (Wildman–Crippen MR) is 240 cm³/mol. The number of alkyl carbamates (subject to hydrolysis) is 2. The number of benzene rings is 4. The number of aliphatic hydroxyl groups excluding tert-OH is 1. The minimum absolute atomic E-state index is 0. The van der Waals surface area contributed by atoms with Crippen LogP contribution in [-0.2, 0) is 27.1 Å². The number of nitrogens with one attached hydrogen (secondary N) is 3. The van der Waals surface area contributed by atoms with E-state index in [-0.39, 0.29) is 51.0 Å². The number of epoxide rings is 1. The molecule has 3 heterocycles. The molecule has 3 aliphatic heterocycles. The van der Waals surface area contributed by atoms with Crippen LogP contribution in [0.4, 0.5) is 27.2 Å². The van der Waals surface area contributed by atoms with Crippen LogP contribution in [0, 0.1) is 23.3 Å². The molecule has 0 radical (unpaired) electrons. The summed E-state index contributed by atoms with van der Waals surface area (Å²) in [6.45, 7) is 12.4. The molecule has 7 rings (SSSR count). The summed E-state index contributed by atoms with van der Waals surface area (Å²) in [7, 11) is 0. The van der Waals surface area contributed by atoms with Gasteiger partial charge < -0.3 is 50.5 Å². The first-order valence-corrected chi connectivity index (χ1v) is 21.3. The molecule has 0 bridgehead atoms. The number of nitrogens with two attached hydrogens (primary N) is 1. The molecule has 2 amide bonds. The number of hydrogen-bond donors (Lipinski definition) is 5. The van der Waals surface area contributed by atoms with Crippen molar-refractivity contribution in [1.82, 2.24) is 16.0 Å². The second kappa shape index (κ2) is 23.7. The molecule has 0 aromatic heterocycles. The van der Waals surface area contributed by atoms with Crippen LogP contribution >= 0.6 is 0 Å². The Morgan fingerprint density at radius 1 is 0.723 bits per heavy atom. The van der Waals surface area contributed by atoms with Crippen molar-refractivity contribution < 1.29 is 55.9 Å². The zero-order chi connectivity index (χ0) is 46.6. The van der Waals surface area contributed by atoms with E-state index in [1.807, 2.05) is 48.5 Å². The van der Waals surface area contributed by atoms with E-state index in [1.54, 1.807) is 41.5 Å². The second-order valence-electron chi connectivity index (χ2n) is 17.8. The third-order valence-electron chi connectivity index (χ3n) is 9.97. The fourth-order valence-electron chi connectivity index (χ4n) is 7.06. The van der Waals surface area contributed by atoms with E-state index in [9.17, 15) is 32.3 Å². The number of para-hydroxylation sites is 2. The number of carbonyl (C=O) groups excluding carboxylic acids is 2. The first-order valence-electron chi connectivity index (χ1n) is 21.3. The Hall–Kier alpha value is -5.42. The molecule has 16 heteroatoms. The van der Waals surface area contributed by atoms with Gasteiger partial charge >= 0.3 is 12.2 Å². The van der Waals surface area contributed by atoms with Crippen molar-refractivity contribution in [1.29, 1.82) is 0 Å². The fourth-order valence-corrected chi connectivity index (χ4v) is 7.06. The summed E-state index contributed by atoms with van der Waals surface area (Å²) >= 11 is 0. The molecule has 6 atom stereocenters. The van der Waals surface area contributed by atoms with Gasteiger partial charge in [-0.1, -0.05) is 43.8 Å². The van der Waals surface area contributed by atoms with E-state index < -0.39 is 58.8 Å². The molecular weight excluding hydrogens is 849 g/mol. The highest BCUT2D eigenvalue weighted by Crippen LogP contribution is 2.32. The Morgan fingerprint density at radius 2 is 1.18 bits per heavy atom. The molecule has 3 aliphatic rings. The average Bonchev–Trinajstić information content (AvgIpc) is 4.04. The minimum atomic E-state index is -1.04. The molecule has 6 N–H and O–H groups in total. The number of ether oxygens (including phenoxy) is 5. The van der Waals surface area contributed by atoms with Gasteiger partial charge in [-0.25, -0.2) is 27.2 Å². The molecule has 0 saturated carbocycles. The van der Waals surface area contributed by atoms with E-state index in [0.29, 0.717) is 24.3 Å². The SMILES string of the molecule is C.CC(C)(C)OC(=O)NC(Cc1cc(F)cc(F)c1)C1CO1.CC(C)(C)OC(=O)NC(Cc1cc(F)cc(F)c1)[C@H](O)CNC1CCOc2ccccc21.NC1CCOc2ccccc21. The molecule has 4 aromatic rings. The molecule has 65 heavy (non-hydrogen) atoms. The van der Waals surface area contributed by atoms with Crippen molar-refractivity contribution in [2.24, 2.45) is 5.73 Å². The van der Waals surface area contributed by atoms with Crippen LogP contribution in [0.15, 0.2) is 84.9 Å². The number of carbonyl (C=O) groups is 2. The molecule has 4 aromatic carbocycles. The first kappa shape index (κ1) is 52.2. The Labute approximate surface area is 379 Å². The maximum absolute atomic E-state index is 13.7. The highest BCUT2D eigenvalue weighted by molar-refractivity contribution is 5.68. The number of amides is 2. The molecule has 356 valence electrons. The van der Waals surface area contributed by atoms with E-state index in [0.717, 1.165) is 54.2 Å². The van der Waals surface area contributed by atoms with E-state index in [4.69, 9.17) is 29.4 Å². The number of fused-ring (bicyclic) bond motifs is 2. The highest BCUT2D eigenvalue weighted by Gasteiger charge is 2.35. The van der Waals surface area contributed by atoms with Crippen molar-refractivity contribution in [2.75, 3.05) is 26.4 Å². The van der Waals surface area contributed by atoms with Gasteiger partial charge in [0.25, 0.3) is 0 Å². The fraction of sp³-hybridized carbons (Fsp3) is 0.469. The first-order chi connectivity index (χ1) is 30.2. The van der Waals surface area contributed by atoms with Crippen molar-refractivity contribution >= 4 is 12.2 Å². The maximum atomic E-state index is 13.7. The number of hydrogen-bond acceptors (Lipinski definition) is 10. The molecule has 0 spiro atoms. The van der Waals surface area contributed by atoms with Gasteiger partial charge in [0, 0.05) is 54.7 Å². The molecule has 1 saturated heterocycles. The van der Waals surface area contributed by atoms with Gasteiger partial charge in [-0.2, -0.15) is 0 Å². The van der Waals surface area contributed by atoms with Crippen LogP contribution in [0.2, 0.25) is 0 Å². The van der Waals surface area contributed by atoms with Crippen LogP contribution < -0.4 is 31.2 Å². The summed E-state index contributed by atoms with van der Waals surface area (Å²) in [6.07, 6.45) is -0.512. The van der Waals surface area contributed by atoms with Crippen LogP contribution in [0.1, 0.15) is 96.1 Å². The summed E-state index contributed by atoms with van der Waals surface area (Å²) in [5, 5.41) is 19.5. The van der Waals surface area contributed by atoms with Gasteiger partial charge in [0.05, 0.1) is 38.0 Å². The lowest BCUT2D eigenvalue weighted by Gasteiger charge is -2.30. The summed E-state index contributed by atoms with van der Waals surface area (Å²) in [5.74, 6) is -0.976. The van der Waals surface area contributed by atoms with Gasteiger partial charge in [0.15, 0.2) is 0 Å². The van der Waals surface area contributed by atoms with Gasteiger partial charge in [0.2, 0.25) is 0 Å². The largest absolute Gasteiger partial charge is 0.493 e. The molecule has 1 fully saturated rings. The maximum Gasteiger partial charge on any atom is 0.407 e. The number of halogens is 4. The summed E-state index contributed by atoms with van der Waals surface area (Å²) in [6, 6.07) is 21.0. The Kier molecular flexibility index (Phi) is 19.0. The normalized spacial score (nSPS) is 18.6. The minimum Gasteiger partial charge on any atom is -0.493 e. The van der Waals surface area contributed by atoms with Crippen LogP contribution in [0.3, 0.4) is 0 Å². The van der Waals surface area contributed by atoms with Gasteiger partial charge in [-0.05, 0) is 102 Å². The molecular formula is C49H64F4N4O8. The van der Waals surface area contributed by atoms with Gasteiger partial charge in [0.1, 0.15) is 52.1 Å². The van der Waals surface area contributed by atoms with Crippen molar-refractivity contribution in [3.8, 4) is 11.5 Å². The Morgan fingerprint density at radius 3 is 1.69 bits per heavy atom. The standard InChI is InChI=1S/C24H30F2N2O4.C15H19F2NO3.C9H11NO.CH4/c1-24(2,3)32-23(30)28-20(12-15-10-16(25)13-17(26)11-15)21(29)14-27-19-8-9-31-22-7-5-4-6-18(19)22;1-15(2,3)21-14(19)18-12(13-8-20-13)6-9-4-10(16)7-11(17)5-9;10-8-5-6-11-9-4-2-1-3-7(8)9;/h4-7,10-11,13,19-21,27,29H,8-9,12,14H2,1-3H3,(H,28,30);4-5,7,12-13H,6,8H2,1-3H3,(H,18,19);1-4,8H,5-6,10H2;1H4/t19?,20?,21-;;;/m1.../s1. The van der Waals surface area contributed by atoms with Crippen LogP contribution in [-0.4, -0.2) is 79.2 Å². The van der Waals surface area contributed by atoms with Gasteiger partial charge in [-0.15, -0.1) is 0 Å². The molecule has 5 unspecified atom stereocenters. The van der Waals surface area contributed by atoms with Crippen LogP contribution in [0.5, 0.6) is 11.5 Å². The summed E-state index contributed by atoms with van der Waals surface area (Å²) in [5.41, 5.74) is 7.45. The Bertz CT molecular complexity index is 2120. The lowest BCUT2D eigenvalue weighted by atomic mass is 9.98. The number of rotatable bonds is 11. The average molecular weight is 913 g/mol. The molecule has 12 nitrogen and oxygen atoms in total. The smallest absolute Gasteiger partial charge is 0.407 e. The quantitative estimate of drug-likeness (QED) is 0.0726. The number of aliphatic hydroxyl groups is 1. The highest BCUT2D eigenvalue weighted by atomic mass is 19.1. The van der Waals surface area contributed by atoms with Crippen molar-refractivity contribution in [3.63, 3.8) is 0 Å². The summed E-state index contributed by atoms with van der Waals surface area (Å²) in [4.78, 5) is 24.1.